The number of aromatic nitrogens is 2. The zero-order valence-corrected chi connectivity index (χ0v) is 11.9. The molecule has 0 bridgehead atoms. The van der Waals surface area contributed by atoms with Crippen LogP contribution in [0.2, 0.25) is 0 Å². The van der Waals surface area contributed by atoms with Crippen LogP contribution in [0.25, 0.3) is 0 Å². The lowest BCUT2D eigenvalue weighted by molar-refractivity contribution is -0.122. The van der Waals surface area contributed by atoms with Crippen molar-refractivity contribution in [2.24, 2.45) is 11.5 Å². The van der Waals surface area contributed by atoms with Crippen LogP contribution in [0.3, 0.4) is 0 Å². The number of primary amides is 1. The Kier molecular flexibility index (Phi) is 3.94. The van der Waals surface area contributed by atoms with Gasteiger partial charge in [0.05, 0.1) is 11.2 Å². The van der Waals surface area contributed by atoms with E-state index in [1.807, 2.05) is 6.92 Å². The summed E-state index contributed by atoms with van der Waals surface area (Å²) in [4.78, 5) is 15.8. The van der Waals surface area contributed by atoms with E-state index in [9.17, 15) is 4.79 Å². The number of nitrogens with zero attached hydrogens (tertiary/aromatic N) is 2. The summed E-state index contributed by atoms with van der Waals surface area (Å²) in [6, 6.07) is 0. The number of imidazole rings is 1. The van der Waals surface area contributed by atoms with Gasteiger partial charge in [-0.2, -0.15) is 0 Å². The van der Waals surface area contributed by atoms with Crippen molar-refractivity contribution in [3.8, 4) is 0 Å². The molecule has 1 aliphatic rings. The first-order chi connectivity index (χ1) is 8.92. The highest BCUT2D eigenvalue weighted by atomic mass is 16.1. The van der Waals surface area contributed by atoms with Crippen LogP contribution in [-0.4, -0.2) is 21.0 Å². The van der Waals surface area contributed by atoms with Gasteiger partial charge in [-0.25, -0.2) is 4.98 Å². The molecule has 0 aromatic carbocycles. The van der Waals surface area contributed by atoms with Crippen molar-refractivity contribution >= 4 is 5.91 Å². The predicted molar refractivity (Wildman–Crippen MR) is 74.6 cm³/mol. The van der Waals surface area contributed by atoms with Gasteiger partial charge in [0, 0.05) is 12.2 Å². The first-order valence-corrected chi connectivity index (χ1v) is 7.05. The Balaban J connectivity index is 2.00. The Labute approximate surface area is 114 Å². The molecule has 0 spiro atoms. The highest BCUT2D eigenvalue weighted by molar-refractivity contribution is 5.83. The highest BCUT2D eigenvalue weighted by Crippen LogP contribution is 2.23. The summed E-state index contributed by atoms with van der Waals surface area (Å²) < 4.78 is 2.28. The molecule has 2 rings (SSSR count). The molecule has 106 valence electrons. The Morgan fingerprint density at radius 1 is 1.42 bits per heavy atom. The van der Waals surface area contributed by atoms with Gasteiger partial charge in [-0.05, 0) is 52.4 Å². The van der Waals surface area contributed by atoms with Crippen LogP contribution >= 0.6 is 0 Å². The molecular weight excluding hydrogens is 240 g/mol. The summed E-state index contributed by atoms with van der Waals surface area (Å²) in [6.45, 7) is 4.62. The first kappa shape index (κ1) is 14.1. The van der Waals surface area contributed by atoms with Crippen LogP contribution in [0.15, 0.2) is 0 Å². The topological polar surface area (TPSA) is 86.9 Å². The quantitative estimate of drug-likeness (QED) is 0.833. The van der Waals surface area contributed by atoms with Crippen molar-refractivity contribution in [1.82, 2.24) is 9.55 Å². The maximum atomic E-state index is 11.2. The third-order valence-corrected chi connectivity index (χ3v) is 4.06. The molecule has 1 heterocycles. The van der Waals surface area contributed by atoms with Gasteiger partial charge in [-0.15, -0.1) is 0 Å². The molecule has 19 heavy (non-hydrogen) atoms. The molecule has 1 aromatic rings. The Hall–Kier alpha value is -1.36. The molecule has 5 nitrogen and oxygen atoms in total. The summed E-state index contributed by atoms with van der Waals surface area (Å²) >= 11 is 0. The average Bonchev–Trinajstić information content (AvgIpc) is 2.65. The lowest BCUT2D eigenvalue weighted by Gasteiger charge is -2.21. The number of hydrogen-bond donors (Lipinski definition) is 2. The van der Waals surface area contributed by atoms with Gasteiger partial charge < -0.3 is 16.0 Å². The van der Waals surface area contributed by atoms with E-state index in [0.717, 1.165) is 31.6 Å². The number of hydrogen-bond acceptors (Lipinski definition) is 3. The minimum absolute atomic E-state index is 0.433. The van der Waals surface area contributed by atoms with Crippen LogP contribution in [0.1, 0.15) is 49.8 Å². The van der Waals surface area contributed by atoms with Crippen molar-refractivity contribution < 1.29 is 4.79 Å². The second-order valence-electron chi connectivity index (χ2n) is 5.80. The maximum Gasteiger partial charge on any atom is 0.237 e. The third-order valence-electron chi connectivity index (χ3n) is 4.06. The van der Waals surface area contributed by atoms with Crippen LogP contribution in [0, 0.1) is 6.92 Å². The number of rotatable bonds is 5. The molecule has 0 saturated carbocycles. The van der Waals surface area contributed by atoms with E-state index >= 15 is 0 Å². The Morgan fingerprint density at radius 2 is 2.11 bits per heavy atom. The van der Waals surface area contributed by atoms with Gasteiger partial charge in [-0.3, -0.25) is 4.79 Å². The molecule has 1 aromatic heterocycles. The second-order valence-corrected chi connectivity index (χ2v) is 5.80. The highest BCUT2D eigenvalue weighted by Gasteiger charge is 2.25. The lowest BCUT2D eigenvalue weighted by atomic mass is 9.96. The Bertz CT molecular complexity index is 476. The monoisotopic (exact) mass is 264 g/mol. The smallest absolute Gasteiger partial charge is 0.237 e. The SMILES string of the molecule is Cc1nc2c(n1CCCC(C)(N)C(N)=O)CCCC2. The maximum absolute atomic E-state index is 11.2. The van der Waals surface area contributed by atoms with Gasteiger partial charge in [-0.1, -0.05) is 0 Å². The van der Waals surface area contributed by atoms with Gasteiger partial charge >= 0.3 is 0 Å². The summed E-state index contributed by atoms with van der Waals surface area (Å²) in [5.41, 5.74) is 12.9. The van der Waals surface area contributed by atoms with E-state index in [-0.39, 0.29) is 0 Å². The molecule has 1 atom stereocenters. The van der Waals surface area contributed by atoms with Crippen molar-refractivity contribution in [1.29, 1.82) is 0 Å². The number of fused-ring (bicyclic) bond motifs is 1. The summed E-state index contributed by atoms with van der Waals surface area (Å²) in [5, 5.41) is 0. The van der Waals surface area contributed by atoms with Crippen LogP contribution in [0.4, 0.5) is 0 Å². The van der Waals surface area contributed by atoms with Crippen molar-refractivity contribution in [3.05, 3.63) is 17.2 Å². The standard InChI is InChI=1S/C14H24N4O/c1-10-17-11-6-3-4-7-12(11)18(10)9-5-8-14(2,16)13(15)19/h3-9,16H2,1-2H3,(H2,15,19). The van der Waals surface area contributed by atoms with Crippen molar-refractivity contribution in [2.75, 3.05) is 0 Å². The number of nitrogens with two attached hydrogens (primary N) is 2. The van der Waals surface area contributed by atoms with E-state index in [1.165, 1.54) is 24.2 Å². The second kappa shape index (κ2) is 5.33. The van der Waals surface area contributed by atoms with E-state index in [2.05, 4.69) is 9.55 Å². The minimum Gasteiger partial charge on any atom is -0.368 e. The lowest BCUT2D eigenvalue weighted by Crippen LogP contribution is -2.49. The van der Waals surface area contributed by atoms with E-state index < -0.39 is 11.4 Å². The van der Waals surface area contributed by atoms with Gasteiger partial charge in [0.15, 0.2) is 0 Å². The van der Waals surface area contributed by atoms with E-state index in [1.54, 1.807) is 6.92 Å². The van der Waals surface area contributed by atoms with Gasteiger partial charge in [0.2, 0.25) is 5.91 Å². The third kappa shape index (κ3) is 2.97. The number of carbonyl (C=O) groups excluding carboxylic acids is 1. The minimum atomic E-state index is -0.908. The number of amides is 1. The molecule has 4 N–H and O–H groups in total. The normalized spacial score (nSPS) is 17.8. The van der Waals surface area contributed by atoms with Crippen LogP contribution in [0.5, 0.6) is 0 Å². The first-order valence-electron chi connectivity index (χ1n) is 7.05. The largest absolute Gasteiger partial charge is 0.368 e. The fraction of sp³-hybridized carbons (Fsp3) is 0.714. The van der Waals surface area contributed by atoms with Crippen LogP contribution < -0.4 is 11.5 Å². The molecule has 0 fully saturated rings. The summed E-state index contributed by atoms with van der Waals surface area (Å²) in [5.74, 6) is 0.640. The molecular formula is C14H24N4O. The molecule has 1 amide bonds. The zero-order valence-electron chi connectivity index (χ0n) is 11.9. The van der Waals surface area contributed by atoms with Gasteiger partial charge in [0.1, 0.15) is 5.82 Å². The molecule has 5 heteroatoms. The molecule has 1 aliphatic carbocycles. The number of carbonyl (C=O) groups is 1. The summed E-state index contributed by atoms with van der Waals surface area (Å²) in [6.07, 6.45) is 6.15. The molecule has 1 unspecified atom stereocenters. The fourth-order valence-corrected chi connectivity index (χ4v) is 2.76. The summed E-state index contributed by atoms with van der Waals surface area (Å²) in [7, 11) is 0. The predicted octanol–water partition coefficient (Wildman–Crippen LogP) is 1.05. The average molecular weight is 264 g/mol. The van der Waals surface area contributed by atoms with E-state index in [4.69, 9.17) is 11.5 Å². The van der Waals surface area contributed by atoms with Crippen LogP contribution in [-0.2, 0) is 24.2 Å². The molecule has 0 aliphatic heterocycles. The molecule has 0 radical (unpaired) electrons. The zero-order chi connectivity index (χ0) is 14.0. The van der Waals surface area contributed by atoms with Gasteiger partial charge in [0.25, 0.3) is 0 Å². The Morgan fingerprint density at radius 3 is 2.79 bits per heavy atom. The number of aryl methyl sites for hydroxylation is 2. The van der Waals surface area contributed by atoms with Crippen molar-refractivity contribution in [2.45, 2.75) is 64.5 Å². The fourth-order valence-electron chi connectivity index (χ4n) is 2.76. The van der Waals surface area contributed by atoms with Crippen molar-refractivity contribution in [3.63, 3.8) is 0 Å². The molecule has 0 saturated heterocycles. The van der Waals surface area contributed by atoms with E-state index in [0.29, 0.717) is 6.42 Å².